The smallest absolute Gasteiger partial charge is 0.143 e. The highest BCUT2D eigenvalue weighted by atomic mass is 16.2. The van der Waals surface area contributed by atoms with E-state index in [1.54, 1.807) is 6.92 Å². The number of allylic oxidation sites excluding steroid dienone is 1. The predicted molar refractivity (Wildman–Crippen MR) is 77.2 cm³/mol. The van der Waals surface area contributed by atoms with Gasteiger partial charge in [-0.3, -0.25) is 14.4 Å². The van der Waals surface area contributed by atoms with Crippen LogP contribution in [-0.2, 0) is 14.4 Å². The summed E-state index contributed by atoms with van der Waals surface area (Å²) >= 11 is 0. The maximum absolute atomic E-state index is 11.5. The summed E-state index contributed by atoms with van der Waals surface area (Å²) in [5.74, 6) is 1.59. The molecule has 0 heterocycles. The molecule has 0 radical (unpaired) electrons. The number of Topliss-reactive ketones (excluding diaryl/α,β-unsaturated/α-hetero) is 3. The van der Waals surface area contributed by atoms with E-state index >= 15 is 0 Å². The first-order valence-electron chi connectivity index (χ1n) is 7.69. The fraction of sp³-hybridized carbons (Fsp3) is 0.706. The van der Waals surface area contributed by atoms with Gasteiger partial charge in [0.15, 0.2) is 0 Å². The van der Waals surface area contributed by atoms with E-state index in [1.165, 1.54) is 12.0 Å². The standard InChI is InChI=1S/C10H14O.C7H10O2/c1-6-7(2)10(11)9-4-3-8(6)5-9;1-5-6(8)3-2-4-7(5)9/h7-9H,1,3-5H2,2H3;5H,2-4H2,1H3. The van der Waals surface area contributed by atoms with E-state index in [0.717, 1.165) is 19.3 Å². The first kappa shape index (κ1) is 15.1. The minimum absolute atomic E-state index is 0.117. The van der Waals surface area contributed by atoms with Crippen LogP contribution >= 0.6 is 0 Å². The third kappa shape index (κ3) is 2.92. The highest BCUT2D eigenvalue weighted by Gasteiger charge is 2.40. The minimum Gasteiger partial charge on any atom is -0.299 e. The maximum atomic E-state index is 11.5. The maximum Gasteiger partial charge on any atom is 0.143 e. The molecule has 0 aromatic carbocycles. The van der Waals surface area contributed by atoms with Gasteiger partial charge in [-0.2, -0.15) is 0 Å². The molecule has 0 aliphatic heterocycles. The fourth-order valence-corrected chi connectivity index (χ4v) is 3.52. The summed E-state index contributed by atoms with van der Waals surface area (Å²) in [5, 5.41) is 0. The number of rotatable bonds is 0. The van der Waals surface area contributed by atoms with Crippen LogP contribution in [0.15, 0.2) is 12.2 Å². The Hall–Kier alpha value is -1.25. The van der Waals surface area contributed by atoms with E-state index in [2.05, 4.69) is 6.58 Å². The van der Waals surface area contributed by atoms with Gasteiger partial charge >= 0.3 is 0 Å². The molecule has 0 spiro atoms. The van der Waals surface area contributed by atoms with Crippen molar-refractivity contribution < 1.29 is 14.4 Å². The van der Waals surface area contributed by atoms with Crippen molar-refractivity contribution in [3.8, 4) is 0 Å². The van der Waals surface area contributed by atoms with Gasteiger partial charge in [-0.15, -0.1) is 0 Å². The van der Waals surface area contributed by atoms with Crippen LogP contribution in [0.3, 0.4) is 0 Å². The highest BCUT2D eigenvalue weighted by molar-refractivity contribution is 6.03. The summed E-state index contributed by atoms with van der Waals surface area (Å²) in [6.07, 6.45) is 5.40. The van der Waals surface area contributed by atoms with E-state index in [-0.39, 0.29) is 23.4 Å². The molecule has 3 atom stereocenters. The van der Waals surface area contributed by atoms with Gasteiger partial charge in [-0.25, -0.2) is 0 Å². The Kier molecular flexibility index (Phi) is 4.56. The molecule has 2 bridgehead atoms. The van der Waals surface area contributed by atoms with Gasteiger partial charge in [0.05, 0.1) is 5.92 Å². The average Bonchev–Trinajstić information content (AvgIpc) is 2.88. The summed E-state index contributed by atoms with van der Waals surface area (Å²) < 4.78 is 0. The first-order valence-corrected chi connectivity index (χ1v) is 7.69. The van der Waals surface area contributed by atoms with Crippen LogP contribution in [0.4, 0.5) is 0 Å². The molecule has 0 aromatic rings. The lowest BCUT2D eigenvalue weighted by Gasteiger charge is -2.26. The molecule has 110 valence electrons. The van der Waals surface area contributed by atoms with Crippen LogP contribution in [0, 0.1) is 23.7 Å². The normalized spacial score (nSPS) is 34.0. The van der Waals surface area contributed by atoms with E-state index < -0.39 is 0 Å². The van der Waals surface area contributed by atoms with Crippen molar-refractivity contribution in [2.45, 2.75) is 52.4 Å². The second-order valence-electron chi connectivity index (χ2n) is 6.41. The molecular formula is C17H24O3. The summed E-state index contributed by atoms with van der Waals surface area (Å²) in [6.45, 7) is 7.71. The molecule has 0 amide bonds. The lowest BCUT2D eigenvalue weighted by molar-refractivity contribution is -0.134. The van der Waals surface area contributed by atoms with E-state index in [9.17, 15) is 14.4 Å². The Morgan fingerprint density at radius 3 is 2.00 bits per heavy atom. The Morgan fingerprint density at radius 2 is 1.45 bits per heavy atom. The van der Waals surface area contributed by atoms with Crippen molar-refractivity contribution in [1.29, 1.82) is 0 Å². The summed E-state index contributed by atoms with van der Waals surface area (Å²) in [7, 11) is 0. The molecule has 3 aliphatic carbocycles. The third-order valence-electron chi connectivity index (χ3n) is 5.15. The summed E-state index contributed by atoms with van der Waals surface area (Å²) in [5.41, 5.74) is 1.20. The number of hydrogen-bond acceptors (Lipinski definition) is 3. The van der Waals surface area contributed by atoms with E-state index in [4.69, 9.17) is 0 Å². The van der Waals surface area contributed by atoms with Gasteiger partial charge in [0, 0.05) is 24.7 Å². The van der Waals surface area contributed by atoms with Crippen molar-refractivity contribution in [2.75, 3.05) is 0 Å². The molecule has 3 unspecified atom stereocenters. The molecule has 3 fully saturated rings. The van der Waals surface area contributed by atoms with Crippen LogP contribution in [0.5, 0.6) is 0 Å². The Bertz CT molecular complexity index is 411. The topological polar surface area (TPSA) is 51.2 Å². The number of hydrogen-bond donors (Lipinski definition) is 0. The number of carbonyl (C=O) groups is 3. The van der Waals surface area contributed by atoms with Crippen LogP contribution < -0.4 is 0 Å². The fourth-order valence-electron chi connectivity index (χ4n) is 3.52. The van der Waals surface area contributed by atoms with Crippen molar-refractivity contribution in [1.82, 2.24) is 0 Å². The van der Waals surface area contributed by atoms with Gasteiger partial charge in [-0.05, 0) is 38.5 Å². The van der Waals surface area contributed by atoms with Crippen molar-refractivity contribution >= 4 is 17.3 Å². The number of fused-ring (bicyclic) bond motifs is 2. The molecule has 3 rings (SSSR count). The molecule has 3 heteroatoms. The lowest BCUT2D eigenvalue weighted by atomic mass is 9.77. The predicted octanol–water partition coefficient (Wildman–Crippen LogP) is 3.12. The van der Waals surface area contributed by atoms with Gasteiger partial charge in [0.2, 0.25) is 0 Å². The van der Waals surface area contributed by atoms with Crippen LogP contribution in [-0.4, -0.2) is 17.3 Å². The Morgan fingerprint density at radius 1 is 0.900 bits per heavy atom. The SMILES string of the molecule is C=C1C2CCC(C2)C(=O)C1C.CC1C(=O)CCCC1=O. The molecule has 0 aromatic heterocycles. The van der Waals surface area contributed by atoms with E-state index in [0.29, 0.717) is 30.5 Å². The van der Waals surface area contributed by atoms with Crippen LogP contribution in [0.2, 0.25) is 0 Å². The zero-order valence-corrected chi connectivity index (χ0v) is 12.5. The zero-order chi connectivity index (χ0) is 14.9. The molecular weight excluding hydrogens is 252 g/mol. The second-order valence-corrected chi connectivity index (χ2v) is 6.41. The zero-order valence-electron chi connectivity index (χ0n) is 12.5. The lowest BCUT2D eigenvalue weighted by Crippen LogP contribution is -2.27. The Balaban J connectivity index is 0.000000151. The molecule has 0 N–H and O–H groups in total. The third-order valence-corrected chi connectivity index (χ3v) is 5.15. The van der Waals surface area contributed by atoms with E-state index in [1.807, 2.05) is 6.92 Å². The summed E-state index contributed by atoms with van der Waals surface area (Å²) in [4.78, 5) is 33.1. The monoisotopic (exact) mass is 276 g/mol. The second kappa shape index (κ2) is 6.02. The average molecular weight is 276 g/mol. The quantitative estimate of drug-likeness (QED) is 0.504. The summed E-state index contributed by atoms with van der Waals surface area (Å²) in [6, 6.07) is 0. The molecule has 3 aliphatic rings. The van der Waals surface area contributed by atoms with Crippen molar-refractivity contribution in [3.63, 3.8) is 0 Å². The largest absolute Gasteiger partial charge is 0.299 e. The van der Waals surface area contributed by atoms with Gasteiger partial charge in [-0.1, -0.05) is 19.1 Å². The first-order chi connectivity index (χ1) is 9.41. The minimum atomic E-state index is -0.307. The van der Waals surface area contributed by atoms with Crippen LogP contribution in [0.1, 0.15) is 52.4 Å². The molecule has 3 nitrogen and oxygen atoms in total. The molecule has 20 heavy (non-hydrogen) atoms. The van der Waals surface area contributed by atoms with Gasteiger partial charge in [0.25, 0.3) is 0 Å². The number of carbonyl (C=O) groups excluding carboxylic acids is 3. The van der Waals surface area contributed by atoms with Crippen molar-refractivity contribution in [2.24, 2.45) is 23.7 Å². The Labute approximate surface area is 120 Å². The van der Waals surface area contributed by atoms with Gasteiger partial charge in [0.1, 0.15) is 17.3 Å². The molecule has 3 saturated carbocycles. The van der Waals surface area contributed by atoms with Crippen molar-refractivity contribution in [3.05, 3.63) is 12.2 Å². The van der Waals surface area contributed by atoms with Gasteiger partial charge < -0.3 is 0 Å². The number of ketones is 3. The van der Waals surface area contributed by atoms with Crippen LogP contribution in [0.25, 0.3) is 0 Å². The highest BCUT2D eigenvalue weighted by Crippen LogP contribution is 2.44. The molecule has 0 saturated heterocycles.